The molecule has 172 valence electrons. The van der Waals surface area contributed by atoms with Crippen molar-refractivity contribution in [3.05, 3.63) is 36.8 Å². The van der Waals surface area contributed by atoms with Crippen LogP contribution < -0.4 is 14.7 Å². The van der Waals surface area contributed by atoms with Crippen LogP contribution in [-0.4, -0.2) is 90.0 Å². The molecule has 5 heterocycles. The molecule has 0 aliphatic carbocycles. The molecule has 8 heteroatoms. The van der Waals surface area contributed by atoms with Gasteiger partial charge in [-0.05, 0) is 43.7 Å². The van der Waals surface area contributed by atoms with Crippen LogP contribution in [0.1, 0.15) is 25.7 Å². The van der Waals surface area contributed by atoms with Gasteiger partial charge in [-0.25, -0.2) is 15.0 Å². The van der Waals surface area contributed by atoms with E-state index in [0.29, 0.717) is 5.92 Å². The van der Waals surface area contributed by atoms with Gasteiger partial charge >= 0.3 is 0 Å². The maximum atomic E-state index is 9.68. The Morgan fingerprint density at radius 3 is 2.50 bits per heavy atom. The maximum absolute atomic E-state index is 9.68. The molecule has 0 amide bonds. The van der Waals surface area contributed by atoms with Crippen LogP contribution in [0.2, 0.25) is 0 Å². The number of aliphatic hydroxyl groups excluding tert-OH is 1. The topological polar surface area (TPSA) is 71.9 Å². The van der Waals surface area contributed by atoms with E-state index in [4.69, 9.17) is 0 Å². The maximum Gasteiger partial charge on any atom is 0.134 e. The van der Waals surface area contributed by atoms with Gasteiger partial charge in [0.15, 0.2) is 0 Å². The first-order valence-electron chi connectivity index (χ1n) is 12.1. The summed E-state index contributed by atoms with van der Waals surface area (Å²) in [6.45, 7) is 8.72. The highest BCUT2D eigenvalue weighted by Crippen LogP contribution is 2.28. The highest BCUT2D eigenvalue weighted by atomic mass is 16.3. The number of hydrogen-bond acceptors (Lipinski definition) is 8. The molecule has 32 heavy (non-hydrogen) atoms. The predicted molar refractivity (Wildman–Crippen MR) is 127 cm³/mol. The van der Waals surface area contributed by atoms with Gasteiger partial charge in [-0.1, -0.05) is 6.07 Å². The Labute approximate surface area is 190 Å². The number of piperazine rings is 1. The summed E-state index contributed by atoms with van der Waals surface area (Å²) in [7, 11) is 0. The number of nitrogens with zero attached hydrogens (tertiary/aromatic N) is 7. The summed E-state index contributed by atoms with van der Waals surface area (Å²) < 4.78 is 0. The summed E-state index contributed by atoms with van der Waals surface area (Å²) in [6, 6.07) is 8.47. The number of rotatable bonds is 6. The van der Waals surface area contributed by atoms with Crippen molar-refractivity contribution in [2.75, 3.05) is 73.7 Å². The molecule has 5 rings (SSSR count). The zero-order valence-corrected chi connectivity index (χ0v) is 18.9. The van der Waals surface area contributed by atoms with Gasteiger partial charge in [0, 0.05) is 64.6 Å². The van der Waals surface area contributed by atoms with E-state index in [-0.39, 0.29) is 12.6 Å². The van der Waals surface area contributed by atoms with Crippen LogP contribution in [0, 0.1) is 5.92 Å². The second kappa shape index (κ2) is 10.0. The van der Waals surface area contributed by atoms with Gasteiger partial charge in [0.1, 0.15) is 23.8 Å². The number of piperidine rings is 1. The van der Waals surface area contributed by atoms with Crippen molar-refractivity contribution in [1.29, 1.82) is 0 Å². The Balaban J connectivity index is 1.16. The molecule has 2 aromatic heterocycles. The molecule has 0 bridgehead atoms. The van der Waals surface area contributed by atoms with Crippen molar-refractivity contribution in [3.8, 4) is 0 Å². The van der Waals surface area contributed by atoms with Gasteiger partial charge in [-0.15, -0.1) is 0 Å². The summed E-state index contributed by atoms with van der Waals surface area (Å²) >= 11 is 0. The van der Waals surface area contributed by atoms with Crippen molar-refractivity contribution >= 4 is 17.5 Å². The van der Waals surface area contributed by atoms with Crippen molar-refractivity contribution in [2.24, 2.45) is 5.92 Å². The first-order chi connectivity index (χ1) is 15.8. The first kappa shape index (κ1) is 21.4. The molecule has 3 fully saturated rings. The third kappa shape index (κ3) is 4.81. The second-order valence-corrected chi connectivity index (χ2v) is 9.34. The van der Waals surface area contributed by atoms with E-state index in [0.717, 1.165) is 82.7 Å². The lowest BCUT2D eigenvalue weighted by atomic mass is 9.97. The molecule has 2 unspecified atom stereocenters. The standard InChI is InChI=1S/C24H35N7O/c32-18-21-6-4-10-31(21)24-15-23(26-19-27-24)30-9-3-5-20(17-30)16-28-11-13-29(14-12-28)22-7-1-2-8-25-22/h1-2,7-8,15,19-21,32H,3-6,9-14,16-18H2. The summed E-state index contributed by atoms with van der Waals surface area (Å²) in [5.41, 5.74) is 0. The van der Waals surface area contributed by atoms with E-state index in [2.05, 4.69) is 52.8 Å². The van der Waals surface area contributed by atoms with E-state index in [1.165, 1.54) is 12.8 Å². The quantitative estimate of drug-likeness (QED) is 0.735. The summed E-state index contributed by atoms with van der Waals surface area (Å²) in [5, 5.41) is 9.68. The average molecular weight is 438 g/mol. The Kier molecular flexibility index (Phi) is 6.69. The van der Waals surface area contributed by atoms with Crippen molar-refractivity contribution < 1.29 is 5.11 Å². The zero-order valence-electron chi connectivity index (χ0n) is 18.9. The van der Waals surface area contributed by atoms with Crippen molar-refractivity contribution in [1.82, 2.24) is 19.9 Å². The number of aliphatic hydroxyl groups is 1. The normalized spacial score (nSPS) is 24.8. The van der Waals surface area contributed by atoms with E-state index < -0.39 is 0 Å². The summed E-state index contributed by atoms with van der Waals surface area (Å²) in [5.74, 6) is 3.75. The first-order valence-corrected chi connectivity index (χ1v) is 12.1. The second-order valence-electron chi connectivity index (χ2n) is 9.34. The lowest BCUT2D eigenvalue weighted by Crippen LogP contribution is -2.50. The van der Waals surface area contributed by atoms with Gasteiger partial charge in [-0.2, -0.15) is 0 Å². The van der Waals surface area contributed by atoms with Gasteiger partial charge in [0.2, 0.25) is 0 Å². The Morgan fingerprint density at radius 2 is 1.69 bits per heavy atom. The van der Waals surface area contributed by atoms with Crippen LogP contribution in [0.25, 0.3) is 0 Å². The number of pyridine rings is 1. The summed E-state index contributed by atoms with van der Waals surface area (Å²) in [4.78, 5) is 23.3. The molecule has 1 N–H and O–H groups in total. The number of hydrogen-bond donors (Lipinski definition) is 1. The number of anilines is 3. The molecular weight excluding hydrogens is 402 g/mol. The highest BCUT2D eigenvalue weighted by Gasteiger charge is 2.28. The summed E-state index contributed by atoms with van der Waals surface area (Å²) in [6.07, 6.45) is 8.22. The Bertz CT molecular complexity index is 858. The lowest BCUT2D eigenvalue weighted by molar-refractivity contribution is 0.205. The predicted octanol–water partition coefficient (Wildman–Crippen LogP) is 1.87. The Hall–Kier alpha value is -2.45. The van der Waals surface area contributed by atoms with Crippen LogP contribution >= 0.6 is 0 Å². The third-order valence-electron chi connectivity index (χ3n) is 7.23. The molecule has 0 aromatic carbocycles. The van der Waals surface area contributed by atoms with Crippen LogP contribution in [-0.2, 0) is 0 Å². The minimum atomic E-state index is 0.191. The van der Waals surface area contributed by atoms with Crippen LogP contribution in [0.5, 0.6) is 0 Å². The Morgan fingerprint density at radius 1 is 0.844 bits per heavy atom. The van der Waals surface area contributed by atoms with Crippen LogP contribution in [0.4, 0.5) is 17.5 Å². The largest absolute Gasteiger partial charge is 0.394 e. The monoisotopic (exact) mass is 437 g/mol. The molecular formula is C24H35N7O. The fourth-order valence-electron chi connectivity index (χ4n) is 5.48. The SMILES string of the molecule is OCC1CCCN1c1cc(N2CCCC(CN3CCN(c4ccccn4)CC3)C2)ncn1. The third-order valence-corrected chi connectivity index (χ3v) is 7.23. The van der Waals surface area contributed by atoms with E-state index in [9.17, 15) is 5.11 Å². The molecule has 3 saturated heterocycles. The molecule has 0 saturated carbocycles. The van der Waals surface area contributed by atoms with Gasteiger partial charge in [-0.3, -0.25) is 4.90 Å². The molecule has 0 radical (unpaired) electrons. The molecule has 8 nitrogen and oxygen atoms in total. The smallest absolute Gasteiger partial charge is 0.134 e. The fourth-order valence-corrected chi connectivity index (χ4v) is 5.48. The molecule has 3 aliphatic rings. The molecule has 2 aromatic rings. The van der Waals surface area contributed by atoms with Gasteiger partial charge < -0.3 is 19.8 Å². The van der Waals surface area contributed by atoms with Crippen molar-refractivity contribution in [2.45, 2.75) is 31.7 Å². The highest BCUT2D eigenvalue weighted by molar-refractivity contribution is 5.51. The van der Waals surface area contributed by atoms with Gasteiger partial charge in [0.25, 0.3) is 0 Å². The van der Waals surface area contributed by atoms with Crippen LogP contribution in [0.3, 0.4) is 0 Å². The van der Waals surface area contributed by atoms with Gasteiger partial charge in [0.05, 0.1) is 12.6 Å². The average Bonchev–Trinajstić information content (AvgIpc) is 3.34. The molecule has 0 spiro atoms. The lowest BCUT2D eigenvalue weighted by Gasteiger charge is -2.40. The number of aromatic nitrogens is 3. The van der Waals surface area contributed by atoms with Crippen molar-refractivity contribution in [3.63, 3.8) is 0 Å². The fraction of sp³-hybridized carbons (Fsp3) is 0.625. The molecule has 3 aliphatic heterocycles. The zero-order chi connectivity index (χ0) is 21.8. The minimum Gasteiger partial charge on any atom is -0.394 e. The minimum absolute atomic E-state index is 0.191. The van der Waals surface area contributed by atoms with E-state index in [1.807, 2.05) is 12.3 Å². The van der Waals surface area contributed by atoms with Crippen LogP contribution in [0.15, 0.2) is 36.8 Å². The van der Waals surface area contributed by atoms with E-state index >= 15 is 0 Å². The van der Waals surface area contributed by atoms with E-state index in [1.54, 1.807) is 6.33 Å². The molecule has 2 atom stereocenters.